The van der Waals surface area contributed by atoms with Crippen LogP contribution < -0.4 is 15.4 Å². The number of hydrogen-bond donors (Lipinski definition) is 3. The second-order valence-electron chi connectivity index (χ2n) is 6.33. The molecule has 0 bridgehead atoms. The molecule has 3 rings (SSSR count). The van der Waals surface area contributed by atoms with Gasteiger partial charge in [-0.05, 0) is 67.6 Å². The number of rotatable bonds is 8. The first kappa shape index (κ1) is 21.8. The number of nitrogens with one attached hydrogen (secondary N) is 3. The van der Waals surface area contributed by atoms with Crippen LogP contribution in [0.2, 0.25) is 0 Å². The van der Waals surface area contributed by atoms with Gasteiger partial charge in [-0.2, -0.15) is 0 Å². The number of sulfonamides is 1. The molecule has 2 heterocycles. The second kappa shape index (κ2) is 10.2. The summed E-state index contributed by atoms with van der Waals surface area (Å²) in [4.78, 5) is 13.3. The Morgan fingerprint density at radius 1 is 1.22 bits per heavy atom. The van der Waals surface area contributed by atoms with Crippen molar-refractivity contribution in [2.24, 2.45) is 5.92 Å². The highest BCUT2D eigenvalue weighted by Crippen LogP contribution is 2.14. The van der Waals surface area contributed by atoms with Crippen LogP contribution in [-0.4, -0.2) is 34.0 Å². The molecule has 1 aromatic carbocycles. The van der Waals surface area contributed by atoms with Crippen LogP contribution in [0.5, 0.6) is 0 Å². The Morgan fingerprint density at radius 3 is 2.63 bits per heavy atom. The first-order valence-corrected chi connectivity index (χ1v) is 11.0. The number of benzene rings is 1. The molecule has 0 radical (unpaired) electrons. The number of hydrogen-bond acceptors (Lipinski definition) is 5. The summed E-state index contributed by atoms with van der Waals surface area (Å²) in [6.45, 7) is 2.96. The summed E-state index contributed by atoms with van der Waals surface area (Å²) in [5.74, 6) is 0.448. The predicted molar refractivity (Wildman–Crippen MR) is 110 cm³/mol. The lowest BCUT2D eigenvalue weighted by Crippen LogP contribution is -2.26. The Hall–Kier alpha value is -1.45. The quantitative estimate of drug-likeness (QED) is 0.601. The molecule has 1 saturated heterocycles. The Bertz CT molecular complexity index is 818. The van der Waals surface area contributed by atoms with Crippen LogP contribution in [0.25, 0.3) is 0 Å². The van der Waals surface area contributed by atoms with Crippen molar-refractivity contribution in [3.8, 4) is 0 Å². The Labute approximate surface area is 170 Å². The molecule has 9 heteroatoms. The minimum Gasteiger partial charge on any atom is -0.352 e. The van der Waals surface area contributed by atoms with Gasteiger partial charge in [0.05, 0.1) is 4.90 Å². The minimum atomic E-state index is -3.59. The average molecular weight is 430 g/mol. The zero-order valence-corrected chi connectivity index (χ0v) is 17.3. The molecule has 27 heavy (non-hydrogen) atoms. The van der Waals surface area contributed by atoms with Crippen molar-refractivity contribution in [2.75, 3.05) is 19.6 Å². The largest absolute Gasteiger partial charge is 0.352 e. The molecule has 6 nitrogen and oxygen atoms in total. The van der Waals surface area contributed by atoms with Gasteiger partial charge in [0.2, 0.25) is 10.0 Å². The molecule has 0 saturated carbocycles. The van der Waals surface area contributed by atoms with Gasteiger partial charge in [0.1, 0.15) is 0 Å². The average Bonchev–Trinajstić information content (AvgIpc) is 3.34. The molecule has 1 atom stereocenters. The van der Waals surface area contributed by atoms with E-state index in [1.165, 1.54) is 23.5 Å². The predicted octanol–water partition coefficient (Wildman–Crippen LogP) is 2.38. The fourth-order valence-electron chi connectivity index (χ4n) is 2.90. The van der Waals surface area contributed by atoms with Crippen molar-refractivity contribution in [2.45, 2.75) is 24.3 Å². The van der Waals surface area contributed by atoms with E-state index in [2.05, 4.69) is 15.4 Å². The van der Waals surface area contributed by atoms with Gasteiger partial charge in [0.25, 0.3) is 5.91 Å². The molecule has 148 valence electrons. The lowest BCUT2D eigenvalue weighted by Gasteiger charge is -2.10. The van der Waals surface area contributed by atoms with Crippen molar-refractivity contribution in [3.05, 3.63) is 52.2 Å². The molecule has 1 unspecified atom stereocenters. The van der Waals surface area contributed by atoms with Crippen LogP contribution >= 0.6 is 23.7 Å². The third-order valence-corrected chi connectivity index (χ3v) is 6.74. The van der Waals surface area contributed by atoms with Gasteiger partial charge < -0.3 is 10.6 Å². The van der Waals surface area contributed by atoms with E-state index >= 15 is 0 Å². The summed E-state index contributed by atoms with van der Waals surface area (Å²) < 4.78 is 27.2. The Kier molecular flexibility index (Phi) is 8.25. The van der Waals surface area contributed by atoms with Crippen molar-refractivity contribution >= 4 is 39.7 Å². The molecule has 1 aliphatic heterocycles. The number of thiophene rings is 1. The lowest BCUT2D eigenvalue weighted by atomic mass is 10.1. The van der Waals surface area contributed by atoms with Crippen LogP contribution in [0.4, 0.5) is 0 Å². The normalized spacial score (nSPS) is 16.7. The van der Waals surface area contributed by atoms with Crippen molar-refractivity contribution < 1.29 is 13.2 Å². The number of amides is 1. The van der Waals surface area contributed by atoms with Crippen LogP contribution in [-0.2, 0) is 16.6 Å². The Morgan fingerprint density at radius 2 is 2.00 bits per heavy atom. The van der Waals surface area contributed by atoms with Crippen LogP contribution in [0.1, 0.15) is 28.1 Å². The maximum absolute atomic E-state index is 12.3. The van der Waals surface area contributed by atoms with Gasteiger partial charge >= 0.3 is 0 Å². The standard InChI is InChI=1S/C18H23N3O3S2.ClH/c22-18(20-10-8-14-7-9-19-12-14)15-3-5-17(6-4-15)26(23,24)21-13-16-2-1-11-25-16;/h1-6,11,14,19,21H,7-10,12-13H2,(H,20,22);1H. The molecule has 3 N–H and O–H groups in total. The lowest BCUT2D eigenvalue weighted by molar-refractivity contribution is 0.0951. The molecule has 0 spiro atoms. The van der Waals surface area contributed by atoms with E-state index in [0.29, 0.717) is 18.0 Å². The number of carbonyl (C=O) groups excluding carboxylic acids is 1. The first-order chi connectivity index (χ1) is 12.5. The molecular formula is C18H24ClN3O3S2. The highest BCUT2D eigenvalue weighted by atomic mass is 35.5. The molecule has 1 fully saturated rings. The summed E-state index contributed by atoms with van der Waals surface area (Å²) in [7, 11) is -3.59. The summed E-state index contributed by atoms with van der Waals surface area (Å²) in [5, 5.41) is 8.11. The van der Waals surface area contributed by atoms with Gasteiger partial charge in [-0.25, -0.2) is 13.1 Å². The maximum atomic E-state index is 12.3. The van der Waals surface area contributed by atoms with Crippen LogP contribution in [0.15, 0.2) is 46.7 Å². The topological polar surface area (TPSA) is 87.3 Å². The highest BCUT2D eigenvalue weighted by molar-refractivity contribution is 7.89. The van der Waals surface area contributed by atoms with Gasteiger partial charge in [-0.1, -0.05) is 6.07 Å². The fourth-order valence-corrected chi connectivity index (χ4v) is 4.64. The van der Waals surface area contributed by atoms with E-state index in [1.807, 2.05) is 17.5 Å². The van der Waals surface area contributed by atoms with Gasteiger partial charge in [-0.3, -0.25) is 4.79 Å². The van der Waals surface area contributed by atoms with E-state index in [0.717, 1.165) is 30.8 Å². The Balaban J connectivity index is 0.00000261. The van der Waals surface area contributed by atoms with Gasteiger partial charge in [0, 0.05) is 23.5 Å². The van der Waals surface area contributed by atoms with Crippen molar-refractivity contribution in [3.63, 3.8) is 0 Å². The summed E-state index contributed by atoms with van der Waals surface area (Å²) in [5.41, 5.74) is 0.465. The molecule has 1 aliphatic rings. The molecule has 1 aromatic heterocycles. The third kappa shape index (κ3) is 6.29. The summed E-state index contributed by atoms with van der Waals surface area (Å²) in [6, 6.07) is 9.78. The molecule has 1 amide bonds. The zero-order valence-electron chi connectivity index (χ0n) is 14.8. The van der Waals surface area contributed by atoms with Gasteiger partial charge in [-0.15, -0.1) is 23.7 Å². The monoisotopic (exact) mass is 429 g/mol. The van der Waals surface area contributed by atoms with E-state index in [9.17, 15) is 13.2 Å². The number of halogens is 1. The summed E-state index contributed by atoms with van der Waals surface area (Å²) in [6.07, 6.45) is 2.11. The molecule has 0 aliphatic carbocycles. The maximum Gasteiger partial charge on any atom is 0.251 e. The highest BCUT2D eigenvalue weighted by Gasteiger charge is 2.16. The smallest absolute Gasteiger partial charge is 0.251 e. The first-order valence-electron chi connectivity index (χ1n) is 8.65. The van der Waals surface area contributed by atoms with Crippen LogP contribution in [0, 0.1) is 5.92 Å². The minimum absolute atomic E-state index is 0. The summed E-state index contributed by atoms with van der Waals surface area (Å²) >= 11 is 1.50. The van der Waals surface area contributed by atoms with E-state index < -0.39 is 10.0 Å². The van der Waals surface area contributed by atoms with Crippen molar-refractivity contribution in [1.29, 1.82) is 0 Å². The van der Waals surface area contributed by atoms with Crippen LogP contribution in [0.3, 0.4) is 0 Å². The van der Waals surface area contributed by atoms with E-state index in [1.54, 1.807) is 12.1 Å². The zero-order chi connectivity index (χ0) is 18.4. The fraction of sp³-hybridized carbons (Fsp3) is 0.389. The molecular weight excluding hydrogens is 406 g/mol. The number of carbonyl (C=O) groups is 1. The SMILES string of the molecule is Cl.O=C(NCCC1CCNC1)c1ccc(S(=O)(=O)NCc2cccs2)cc1. The van der Waals surface area contributed by atoms with Gasteiger partial charge in [0.15, 0.2) is 0 Å². The third-order valence-electron chi connectivity index (χ3n) is 4.44. The van der Waals surface area contributed by atoms with E-state index in [-0.39, 0.29) is 29.8 Å². The van der Waals surface area contributed by atoms with Crippen molar-refractivity contribution in [1.82, 2.24) is 15.4 Å². The molecule has 2 aromatic rings. The second-order valence-corrected chi connectivity index (χ2v) is 9.13. The van der Waals surface area contributed by atoms with E-state index in [4.69, 9.17) is 0 Å².